The average molecular weight is 255 g/mol. The molecular formula is C13H19ClN2O. The molecule has 3 N–H and O–H groups in total. The SMILES string of the molecule is CCCCCCC(=O)Nc1ccc(N)cc1Cl. The molecule has 0 unspecified atom stereocenters. The number of carbonyl (C=O) groups is 1. The van der Waals surface area contributed by atoms with Gasteiger partial charge >= 0.3 is 0 Å². The maximum atomic E-state index is 11.6. The number of hydrogen-bond acceptors (Lipinski definition) is 2. The van der Waals surface area contributed by atoms with Crippen LogP contribution in [-0.2, 0) is 4.79 Å². The van der Waals surface area contributed by atoms with Crippen molar-refractivity contribution in [1.82, 2.24) is 0 Å². The summed E-state index contributed by atoms with van der Waals surface area (Å²) in [4.78, 5) is 11.6. The van der Waals surface area contributed by atoms with Crippen LogP contribution in [0.3, 0.4) is 0 Å². The van der Waals surface area contributed by atoms with Crippen LogP contribution in [0.4, 0.5) is 11.4 Å². The topological polar surface area (TPSA) is 55.1 Å². The summed E-state index contributed by atoms with van der Waals surface area (Å²) in [5, 5.41) is 3.27. The number of halogens is 1. The van der Waals surface area contributed by atoms with Gasteiger partial charge in [-0.3, -0.25) is 4.79 Å². The number of anilines is 2. The van der Waals surface area contributed by atoms with Gasteiger partial charge in [0.1, 0.15) is 0 Å². The molecule has 94 valence electrons. The Bertz CT molecular complexity index is 380. The van der Waals surface area contributed by atoms with Crippen molar-refractivity contribution < 1.29 is 4.79 Å². The highest BCUT2D eigenvalue weighted by Gasteiger charge is 2.05. The summed E-state index contributed by atoms with van der Waals surface area (Å²) in [6, 6.07) is 5.08. The van der Waals surface area contributed by atoms with Crippen molar-refractivity contribution in [2.24, 2.45) is 0 Å². The Morgan fingerprint density at radius 2 is 2.12 bits per heavy atom. The lowest BCUT2D eigenvalue weighted by atomic mass is 10.1. The van der Waals surface area contributed by atoms with Crippen molar-refractivity contribution in [2.45, 2.75) is 39.0 Å². The van der Waals surface area contributed by atoms with Gasteiger partial charge in [-0.1, -0.05) is 37.8 Å². The molecule has 17 heavy (non-hydrogen) atoms. The van der Waals surface area contributed by atoms with Crippen molar-refractivity contribution in [3.05, 3.63) is 23.2 Å². The number of rotatable bonds is 6. The molecule has 0 radical (unpaired) electrons. The number of carbonyl (C=O) groups excluding carboxylic acids is 1. The average Bonchev–Trinajstić information content (AvgIpc) is 2.28. The van der Waals surface area contributed by atoms with Crippen LogP contribution in [0.5, 0.6) is 0 Å². The van der Waals surface area contributed by atoms with Crippen LogP contribution in [0.25, 0.3) is 0 Å². The third kappa shape index (κ3) is 5.09. The molecule has 0 spiro atoms. The van der Waals surface area contributed by atoms with Gasteiger partial charge in [0.05, 0.1) is 10.7 Å². The largest absolute Gasteiger partial charge is 0.399 e. The molecule has 0 aliphatic rings. The molecule has 1 amide bonds. The Balaban J connectivity index is 2.40. The quantitative estimate of drug-likeness (QED) is 0.599. The molecule has 0 atom stereocenters. The fourth-order valence-electron chi connectivity index (χ4n) is 1.56. The van der Waals surface area contributed by atoms with Crippen molar-refractivity contribution in [2.75, 3.05) is 11.1 Å². The monoisotopic (exact) mass is 254 g/mol. The lowest BCUT2D eigenvalue weighted by Gasteiger charge is -2.07. The molecule has 1 aromatic rings. The molecule has 0 fully saturated rings. The molecule has 0 saturated carbocycles. The molecule has 3 nitrogen and oxygen atoms in total. The molecule has 0 aromatic heterocycles. The number of unbranched alkanes of at least 4 members (excludes halogenated alkanes) is 3. The molecule has 1 aromatic carbocycles. The van der Waals surface area contributed by atoms with E-state index in [4.69, 9.17) is 17.3 Å². The van der Waals surface area contributed by atoms with Gasteiger partial charge in [-0.2, -0.15) is 0 Å². The zero-order chi connectivity index (χ0) is 12.7. The zero-order valence-corrected chi connectivity index (χ0v) is 10.9. The van der Waals surface area contributed by atoms with Gasteiger partial charge in [0.15, 0.2) is 0 Å². The normalized spacial score (nSPS) is 10.2. The summed E-state index contributed by atoms with van der Waals surface area (Å²) >= 11 is 5.96. The second kappa shape index (κ2) is 7.17. The van der Waals surface area contributed by atoms with E-state index in [1.54, 1.807) is 18.2 Å². The van der Waals surface area contributed by atoms with E-state index >= 15 is 0 Å². The van der Waals surface area contributed by atoms with Gasteiger partial charge in [0, 0.05) is 12.1 Å². The minimum absolute atomic E-state index is 0.00720. The zero-order valence-electron chi connectivity index (χ0n) is 10.1. The highest BCUT2D eigenvalue weighted by Crippen LogP contribution is 2.24. The number of nitrogens with two attached hydrogens (primary N) is 1. The summed E-state index contributed by atoms with van der Waals surface area (Å²) in [6.45, 7) is 2.15. The summed E-state index contributed by atoms with van der Waals surface area (Å²) in [5.74, 6) is 0.00720. The third-order valence-corrected chi connectivity index (χ3v) is 2.84. The lowest BCUT2D eigenvalue weighted by molar-refractivity contribution is -0.116. The first-order chi connectivity index (χ1) is 8.13. The van der Waals surface area contributed by atoms with Crippen molar-refractivity contribution >= 4 is 28.9 Å². The summed E-state index contributed by atoms with van der Waals surface area (Å²) in [5.41, 5.74) is 6.79. The minimum Gasteiger partial charge on any atom is -0.399 e. The predicted octanol–water partition coefficient (Wildman–Crippen LogP) is 3.83. The van der Waals surface area contributed by atoms with Gasteiger partial charge in [-0.15, -0.1) is 0 Å². The summed E-state index contributed by atoms with van der Waals surface area (Å²) < 4.78 is 0. The van der Waals surface area contributed by atoms with Crippen LogP contribution in [0.1, 0.15) is 39.0 Å². The highest BCUT2D eigenvalue weighted by molar-refractivity contribution is 6.34. The standard InChI is InChI=1S/C13H19ClN2O/c1-2-3-4-5-6-13(17)16-12-8-7-10(15)9-11(12)14/h7-9H,2-6,15H2,1H3,(H,16,17). The van der Waals surface area contributed by atoms with Crippen LogP contribution in [0.2, 0.25) is 5.02 Å². The molecule has 0 saturated heterocycles. The molecular weight excluding hydrogens is 236 g/mol. The predicted molar refractivity (Wildman–Crippen MR) is 73.3 cm³/mol. The highest BCUT2D eigenvalue weighted by atomic mass is 35.5. The molecule has 0 aliphatic heterocycles. The van der Waals surface area contributed by atoms with Gasteiger partial charge in [0.25, 0.3) is 0 Å². The van der Waals surface area contributed by atoms with E-state index in [9.17, 15) is 4.79 Å². The maximum Gasteiger partial charge on any atom is 0.224 e. The van der Waals surface area contributed by atoms with Gasteiger partial charge in [-0.25, -0.2) is 0 Å². The maximum absolute atomic E-state index is 11.6. The summed E-state index contributed by atoms with van der Waals surface area (Å²) in [6.07, 6.45) is 4.91. The van der Waals surface area contributed by atoms with E-state index in [0.29, 0.717) is 22.8 Å². The van der Waals surface area contributed by atoms with E-state index in [1.165, 1.54) is 12.8 Å². The van der Waals surface area contributed by atoms with E-state index < -0.39 is 0 Å². The molecule has 0 aliphatic carbocycles. The Hall–Kier alpha value is -1.22. The van der Waals surface area contributed by atoms with E-state index in [-0.39, 0.29) is 5.91 Å². The number of nitrogens with one attached hydrogen (secondary N) is 1. The van der Waals surface area contributed by atoms with Gasteiger partial charge in [0.2, 0.25) is 5.91 Å². The van der Waals surface area contributed by atoms with Gasteiger partial charge < -0.3 is 11.1 Å². The second-order valence-electron chi connectivity index (χ2n) is 4.10. The summed E-state index contributed by atoms with van der Waals surface area (Å²) in [7, 11) is 0. The Kier molecular flexibility index (Phi) is 5.84. The molecule has 0 heterocycles. The second-order valence-corrected chi connectivity index (χ2v) is 4.51. The van der Waals surface area contributed by atoms with Crippen molar-refractivity contribution in [3.63, 3.8) is 0 Å². The minimum atomic E-state index is 0.00720. The van der Waals surface area contributed by atoms with Crippen LogP contribution in [0, 0.1) is 0 Å². The molecule has 1 rings (SSSR count). The van der Waals surface area contributed by atoms with Crippen LogP contribution < -0.4 is 11.1 Å². The number of nitrogen functional groups attached to an aromatic ring is 1. The Morgan fingerprint density at radius 1 is 1.35 bits per heavy atom. The van der Waals surface area contributed by atoms with Crippen molar-refractivity contribution in [1.29, 1.82) is 0 Å². The first-order valence-corrected chi connectivity index (χ1v) is 6.36. The fraction of sp³-hybridized carbons (Fsp3) is 0.462. The van der Waals surface area contributed by atoms with E-state index in [0.717, 1.165) is 12.8 Å². The van der Waals surface area contributed by atoms with Crippen molar-refractivity contribution in [3.8, 4) is 0 Å². The smallest absolute Gasteiger partial charge is 0.224 e. The Morgan fingerprint density at radius 3 is 2.76 bits per heavy atom. The van der Waals surface area contributed by atoms with Crippen LogP contribution in [0.15, 0.2) is 18.2 Å². The first-order valence-electron chi connectivity index (χ1n) is 5.98. The van der Waals surface area contributed by atoms with Crippen LogP contribution >= 0.6 is 11.6 Å². The number of benzene rings is 1. The van der Waals surface area contributed by atoms with E-state index in [1.807, 2.05) is 0 Å². The first kappa shape index (κ1) is 13.8. The molecule has 0 bridgehead atoms. The number of hydrogen-bond donors (Lipinski definition) is 2. The Labute approximate surface area is 107 Å². The fourth-order valence-corrected chi connectivity index (χ4v) is 1.79. The molecule has 4 heteroatoms. The van der Waals surface area contributed by atoms with Gasteiger partial charge in [-0.05, 0) is 24.6 Å². The van der Waals surface area contributed by atoms with E-state index in [2.05, 4.69) is 12.2 Å². The number of amides is 1. The van der Waals surface area contributed by atoms with Crippen LogP contribution in [-0.4, -0.2) is 5.91 Å². The lowest BCUT2D eigenvalue weighted by Crippen LogP contribution is -2.11. The third-order valence-electron chi connectivity index (χ3n) is 2.52.